The average Bonchev–Trinajstić information content (AvgIpc) is 2.24. The third kappa shape index (κ3) is 7.14. The van der Waals surface area contributed by atoms with Gasteiger partial charge in [0.2, 0.25) is 0 Å². The molecule has 1 aromatic carbocycles. The zero-order valence-corrected chi connectivity index (χ0v) is 11.7. The van der Waals surface area contributed by atoms with Gasteiger partial charge in [0.15, 0.2) is 6.61 Å². The van der Waals surface area contributed by atoms with Crippen molar-refractivity contribution in [3.63, 3.8) is 0 Å². The zero-order chi connectivity index (χ0) is 12.9. The molecule has 0 aliphatic heterocycles. The predicted molar refractivity (Wildman–Crippen MR) is 73.4 cm³/mol. The Kier molecular flexibility index (Phi) is 6.73. The summed E-state index contributed by atoms with van der Waals surface area (Å²) in [6.45, 7) is 6.80. The first kappa shape index (κ1) is 16.7. The van der Waals surface area contributed by atoms with Gasteiger partial charge in [0.1, 0.15) is 5.75 Å². The highest BCUT2D eigenvalue weighted by atomic mass is 35.5. The van der Waals surface area contributed by atoms with Crippen molar-refractivity contribution in [2.24, 2.45) is 0 Å². The molecule has 0 aliphatic rings. The van der Waals surface area contributed by atoms with E-state index in [4.69, 9.17) is 9.84 Å². The molecule has 0 radical (unpaired) electrons. The molecule has 0 bridgehead atoms. The van der Waals surface area contributed by atoms with Gasteiger partial charge < -0.3 is 15.2 Å². The van der Waals surface area contributed by atoms with E-state index in [9.17, 15) is 4.79 Å². The SMILES string of the molecule is CC(C)(C)NCc1ccc(OCC(=O)O)cc1.Cl. The molecule has 0 aliphatic carbocycles. The number of hydrogen-bond donors (Lipinski definition) is 2. The van der Waals surface area contributed by atoms with Gasteiger partial charge in [0, 0.05) is 12.1 Å². The minimum absolute atomic E-state index is 0. The van der Waals surface area contributed by atoms with Crippen LogP contribution >= 0.6 is 12.4 Å². The number of benzene rings is 1. The summed E-state index contributed by atoms with van der Waals surface area (Å²) < 4.78 is 5.05. The van der Waals surface area contributed by atoms with Gasteiger partial charge in [-0.05, 0) is 38.5 Å². The number of carbonyl (C=O) groups is 1. The van der Waals surface area contributed by atoms with Gasteiger partial charge in [-0.25, -0.2) is 4.79 Å². The van der Waals surface area contributed by atoms with Gasteiger partial charge >= 0.3 is 5.97 Å². The molecule has 0 fully saturated rings. The number of carboxylic acid groups (broad SMARTS) is 1. The Bertz CT molecular complexity index is 371. The lowest BCUT2D eigenvalue weighted by Crippen LogP contribution is -2.35. The number of ether oxygens (including phenoxy) is 1. The maximum atomic E-state index is 10.3. The van der Waals surface area contributed by atoms with Crippen molar-refractivity contribution in [2.45, 2.75) is 32.9 Å². The fourth-order valence-corrected chi connectivity index (χ4v) is 1.22. The molecule has 18 heavy (non-hydrogen) atoms. The van der Waals surface area contributed by atoms with E-state index in [1.54, 1.807) is 12.1 Å². The summed E-state index contributed by atoms with van der Waals surface area (Å²) in [4.78, 5) is 10.3. The van der Waals surface area contributed by atoms with Crippen molar-refractivity contribution in [2.75, 3.05) is 6.61 Å². The van der Waals surface area contributed by atoms with E-state index in [0.717, 1.165) is 12.1 Å². The van der Waals surface area contributed by atoms with Crippen LogP contribution in [0.25, 0.3) is 0 Å². The van der Waals surface area contributed by atoms with Gasteiger partial charge in [-0.2, -0.15) is 0 Å². The minimum Gasteiger partial charge on any atom is -0.482 e. The Labute approximate surface area is 114 Å². The largest absolute Gasteiger partial charge is 0.482 e. The van der Waals surface area contributed by atoms with Gasteiger partial charge in [-0.1, -0.05) is 12.1 Å². The number of nitrogens with one attached hydrogen (secondary N) is 1. The van der Waals surface area contributed by atoms with Crippen molar-refractivity contribution in [3.05, 3.63) is 29.8 Å². The first-order valence-electron chi connectivity index (χ1n) is 5.55. The molecule has 1 rings (SSSR count). The number of rotatable bonds is 5. The highest BCUT2D eigenvalue weighted by Gasteiger charge is 2.08. The topological polar surface area (TPSA) is 58.6 Å². The maximum absolute atomic E-state index is 10.3. The Hall–Kier alpha value is -1.26. The van der Waals surface area contributed by atoms with E-state index in [1.165, 1.54) is 0 Å². The van der Waals surface area contributed by atoms with E-state index >= 15 is 0 Å². The Balaban J connectivity index is 0.00000289. The lowest BCUT2D eigenvalue weighted by Gasteiger charge is -2.20. The van der Waals surface area contributed by atoms with Gasteiger partial charge in [-0.15, -0.1) is 12.4 Å². The molecule has 5 heteroatoms. The number of aliphatic carboxylic acids is 1. The normalized spacial score (nSPS) is 10.6. The van der Waals surface area contributed by atoms with Crippen LogP contribution in [0, 0.1) is 0 Å². The van der Waals surface area contributed by atoms with E-state index in [2.05, 4.69) is 26.1 Å². The van der Waals surface area contributed by atoms with Gasteiger partial charge in [0.05, 0.1) is 0 Å². The lowest BCUT2D eigenvalue weighted by atomic mass is 10.1. The van der Waals surface area contributed by atoms with Crippen LogP contribution in [0.4, 0.5) is 0 Å². The van der Waals surface area contributed by atoms with Gasteiger partial charge in [0.25, 0.3) is 0 Å². The van der Waals surface area contributed by atoms with E-state index < -0.39 is 5.97 Å². The van der Waals surface area contributed by atoms with Crippen molar-refractivity contribution < 1.29 is 14.6 Å². The molecule has 102 valence electrons. The van der Waals surface area contributed by atoms with Crippen LogP contribution in [0.1, 0.15) is 26.3 Å². The monoisotopic (exact) mass is 273 g/mol. The third-order valence-electron chi connectivity index (χ3n) is 2.11. The highest BCUT2D eigenvalue weighted by Crippen LogP contribution is 2.12. The molecule has 1 aromatic rings. The quantitative estimate of drug-likeness (QED) is 0.865. The van der Waals surface area contributed by atoms with Crippen molar-refractivity contribution >= 4 is 18.4 Å². The fourth-order valence-electron chi connectivity index (χ4n) is 1.22. The van der Waals surface area contributed by atoms with Crippen LogP contribution in [0.15, 0.2) is 24.3 Å². The Morgan fingerprint density at radius 3 is 2.28 bits per heavy atom. The summed E-state index contributed by atoms with van der Waals surface area (Å²) in [5.41, 5.74) is 1.22. The molecular weight excluding hydrogens is 254 g/mol. The molecule has 0 heterocycles. The van der Waals surface area contributed by atoms with E-state index in [-0.39, 0.29) is 24.6 Å². The van der Waals surface area contributed by atoms with Crippen molar-refractivity contribution in [1.82, 2.24) is 5.32 Å². The summed E-state index contributed by atoms with van der Waals surface area (Å²) in [5, 5.41) is 11.8. The number of halogens is 1. The second kappa shape index (κ2) is 7.24. The molecule has 2 N–H and O–H groups in total. The van der Waals surface area contributed by atoms with Crippen LogP contribution in [0.3, 0.4) is 0 Å². The Morgan fingerprint density at radius 2 is 1.83 bits per heavy atom. The molecule has 0 amide bonds. The van der Waals surface area contributed by atoms with E-state index in [1.807, 2.05) is 12.1 Å². The van der Waals surface area contributed by atoms with Crippen LogP contribution in [-0.2, 0) is 11.3 Å². The second-order valence-corrected chi connectivity index (χ2v) is 4.93. The molecule has 0 saturated heterocycles. The van der Waals surface area contributed by atoms with Crippen LogP contribution in [0.2, 0.25) is 0 Å². The summed E-state index contributed by atoms with van der Waals surface area (Å²) in [6, 6.07) is 7.41. The molecule has 0 unspecified atom stereocenters. The zero-order valence-electron chi connectivity index (χ0n) is 10.9. The van der Waals surface area contributed by atoms with E-state index in [0.29, 0.717) is 5.75 Å². The smallest absolute Gasteiger partial charge is 0.341 e. The van der Waals surface area contributed by atoms with Crippen molar-refractivity contribution in [3.8, 4) is 5.75 Å². The van der Waals surface area contributed by atoms with Crippen LogP contribution in [-0.4, -0.2) is 23.2 Å². The molecule has 0 saturated carbocycles. The van der Waals surface area contributed by atoms with Crippen LogP contribution in [0.5, 0.6) is 5.75 Å². The molecule has 0 aromatic heterocycles. The summed E-state index contributed by atoms with van der Waals surface area (Å²) in [6.07, 6.45) is 0. The lowest BCUT2D eigenvalue weighted by molar-refractivity contribution is -0.139. The minimum atomic E-state index is -0.969. The molecule has 0 atom stereocenters. The highest BCUT2D eigenvalue weighted by molar-refractivity contribution is 5.85. The Morgan fingerprint density at radius 1 is 1.28 bits per heavy atom. The molecule has 0 spiro atoms. The molecular formula is C13H20ClNO3. The summed E-state index contributed by atoms with van der Waals surface area (Å²) in [7, 11) is 0. The molecule has 4 nitrogen and oxygen atoms in total. The maximum Gasteiger partial charge on any atom is 0.341 e. The third-order valence-corrected chi connectivity index (χ3v) is 2.11. The van der Waals surface area contributed by atoms with Gasteiger partial charge in [-0.3, -0.25) is 0 Å². The first-order chi connectivity index (χ1) is 7.87. The van der Waals surface area contributed by atoms with Crippen LogP contribution < -0.4 is 10.1 Å². The number of carboxylic acids is 1. The average molecular weight is 274 g/mol. The predicted octanol–water partition coefficient (Wildman–Crippen LogP) is 2.46. The fraction of sp³-hybridized carbons (Fsp3) is 0.462. The second-order valence-electron chi connectivity index (χ2n) is 4.93. The first-order valence-corrected chi connectivity index (χ1v) is 5.55. The number of hydrogen-bond acceptors (Lipinski definition) is 3. The summed E-state index contributed by atoms with van der Waals surface area (Å²) in [5.74, 6) is -0.393. The van der Waals surface area contributed by atoms with Crippen molar-refractivity contribution in [1.29, 1.82) is 0 Å². The summed E-state index contributed by atoms with van der Waals surface area (Å²) >= 11 is 0. The standard InChI is InChI=1S/C13H19NO3.ClH/c1-13(2,3)14-8-10-4-6-11(7-5-10)17-9-12(15)16;/h4-7,14H,8-9H2,1-3H3,(H,15,16);1H.